The Morgan fingerprint density at radius 1 is 0.173 bits per heavy atom. The van der Waals surface area contributed by atoms with Crippen LogP contribution in [0.1, 0.15) is 33.4 Å². The lowest BCUT2D eigenvalue weighted by Crippen LogP contribution is -2.00. The largest absolute Gasteiger partial charge is 0.318 e. The van der Waals surface area contributed by atoms with Crippen molar-refractivity contribution in [1.29, 1.82) is 31.6 Å². The quantitative estimate of drug-likeness (QED) is 0.110. The Bertz CT molecular complexity index is 10700. The van der Waals surface area contributed by atoms with Crippen molar-refractivity contribution in [1.82, 2.24) is 27.4 Å². The van der Waals surface area contributed by atoms with Crippen LogP contribution in [-0.4, -0.2) is 27.4 Å². The molecule has 6 aromatic heterocycles. The first kappa shape index (κ1) is 89.2. The first-order valence-corrected chi connectivity index (χ1v) is 48.8. The smallest absolute Gasteiger partial charge is 0.211 e. The van der Waals surface area contributed by atoms with Crippen molar-refractivity contribution >= 4 is 148 Å². The van der Waals surface area contributed by atoms with Gasteiger partial charge in [-0.1, -0.05) is 303 Å². The molecule has 0 unspecified atom stereocenters. The van der Waals surface area contributed by atoms with Crippen LogP contribution in [0.3, 0.4) is 0 Å². The highest BCUT2D eigenvalue weighted by Crippen LogP contribution is 2.51. The second-order valence-corrected chi connectivity index (χ2v) is 36.7. The van der Waals surface area contributed by atoms with E-state index in [2.05, 4.69) is 272 Å². The van der Waals surface area contributed by atoms with E-state index in [0.29, 0.717) is 50.4 Å². The number of nitrogens with zero attached hydrogens (tertiary/aromatic N) is 15. The summed E-state index contributed by atoms with van der Waals surface area (Å²) in [5.74, 6) is 0. The summed E-state index contributed by atoms with van der Waals surface area (Å²) in [5.41, 5.74) is 32.9. The first-order valence-electron chi connectivity index (χ1n) is 48.8. The molecule has 0 aliphatic heterocycles. The molecule has 690 valence electrons. The second kappa shape index (κ2) is 37.0. The number of fused-ring (bicyclic) bond motifs is 18. The van der Waals surface area contributed by atoms with Gasteiger partial charge in [-0.05, 0) is 207 Å². The fraction of sp³-hybridized carbons (Fsp3) is 0. The Balaban J connectivity index is 0.000000116. The Morgan fingerprint density at radius 3 is 0.827 bits per heavy atom. The highest BCUT2D eigenvalue weighted by atomic mass is 15.0. The van der Waals surface area contributed by atoms with Crippen molar-refractivity contribution in [2.24, 2.45) is 0 Å². The standard InChI is InChI=1S/3C45H25N5/c1-48-39-16-9-15-37(45(39)50-41-18-6-2-11-33(41)34-12-3-7-19-42(34)50)36-14-8-10-31(28-47)44(36)30-21-23-32(24-22-30)49-40-17-5-4-13-35(40)38-26-29(27-46)20-25-43(38)49;1-48-40-17-10-16-38(45(40)50-42-19-8-4-13-35(42)36-14-5-9-20-43(36)50)34-12-3-2-11-33(34)32-23-22-31(26-30(32)28-47)49-41-18-7-6-15-37(41)39-25-29(27-46)21-24-44(39)49;1-48-39-17-10-16-37(45(39)50-42-19-8-4-13-34(42)35-14-5-9-20-43(35)50)33-12-3-2-11-32(33)30-22-24-40(31(26-30)28-47)49-41-18-7-6-15-36(41)38-25-29(27-46)21-23-44(38)49/h3*2-26H. The Morgan fingerprint density at radius 2 is 0.453 bits per heavy atom. The fourth-order valence-corrected chi connectivity index (χ4v) is 22.5. The average Bonchev–Trinajstić information content (AvgIpc) is 1.58. The molecule has 0 aliphatic carbocycles. The van der Waals surface area contributed by atoms with E-state index in [1.54, 1.807) is 0 Å². The van der Waals surface area contributed by atoms with Crippen LogP contribution in [0.25, 0.3) is 246 Å². The van der Waals surface area contributed by atoms with Crippen LogP contribution in [0, 0.1) is 87.7 Å². The van der Waals surface area contributed by atoms with E-state index in [1.807, 2.05) is 261 Å². The lowest BCUT2D eigenvalue weighted by Gasteiger charge is -2.19. The maximum atomic E-state index is 10.6. The second-order valence-electron chi connectivity index (χ2n) is 36.7. The number of rotatable bonds is 12. The van der Waals surface area contributed by atoms with E-state index in [4.69, 9.17) is 19.7 Å². The number of para-hydroxylation sites is 12. The summed E-state index contributed by atoms with van der Waals surface area (Å²) in [5, 5.41) is 73.3. The van der Waals surface area contributed by atoms with Crippen molar-refractivity contribution in [3.05, 3.63) is 523 Å². The average molecular weight is 1910 g/mol. The summed E-state index contributed by atoms with van der Waals surface area (Å²) in [7, 11) is 0. The Hall–Kier alpha value is -22.2. The first-order chi connectivity index (χ1) is 74.1. The molecule has 0 saturated heterocycles. The number of hydrogen-bond acceptors (Lipinski definition) is 6. The minimum absolute atomic E-state index is 0.529. The molecule has 27 aromatic rings. The zero-order chi connectivity index (χ0) is 101. The summed E-state index contributed by atoms with van der Waals surface area (Å²) in [4.78, 5) is 12.1. The van der Waals surface area contributed by atoms with Gasteiger partial charge in [0.2, 0.25) is 17.1 Å². The van der Waals surface area contributed by atoms with Crippen molar-refractivity contribution in [2.75, 3.05) is 0 Å². The van der Waals surface area contributed by atoms with Gasteiger partial charge in [0.25, 0.3) is 0 Å². The minimum atomic E-state index is 0.529. The number of nitriles is 6. The van der Waals surface area contributed by atoms with Gasteiger partial charge in [0.05, 0.1) is 172 Å². The molecule has 0 spiro atoms. The summed E-state index contributed by atoms with van der Waals surface area (Å²) in [6.07, 6.45) is 0. The van der Waals surface area contributed by atoms with Crippen molar-refractivity contribution in [2.45, 2.75) is 0 Å². The van der Waals surface area contributed by atoms with Crippen LogP contribution < -0.4 is 0 Å². The molecule has 0 aliphatic rings. The van der Waals surface area contributed by atoms with Crippen LogP contribution >= 0.6 is 0 Å². The van der Waals surface area contributed by atoms with E-state index in [0.717, 1.165) is 232 Å². The zero-order valence-corrected chi connectivity index (χ0v) is 80.0. The summed E-state index contributed by atoms with van der Waals surface area (Å²) >= 11 is 0. The van der Waals surface area contributed by atoms with Gasteiger partial charge in [-0.3, -0.25) is 0 Å². The maximum Gasteiger partial charge on any atom is 0.211 e. The van der Waals surface area contributed by atoms with Crippen LogP contribution in [0.4, 0.5) is 17.1 Å². The van der Waals surface area contributed by atoms with Gasteiger partial charge in [0.15, 0.2) is 0 Å². The van der Waals surface area contributed by atoms with Crippen LogP contribution in [0.15, 0.2) is 455 Å². The molecule has 0 saturated carbocycles. The molecule has 27 rings (SSSR count). The number of aromatic nitrogens is 6. The summed E-state index contributed by atoms with van der Waals surface area (Å²) in [6.45, 7) is 24.7. The summed E-state index contributed by atoms with van der Waals surface area (Å²) < 4.78 is 13.1. The predicted molar refractivity (Wildman–Crippen MR) is 605 cm³/mol. The molecule has 15 nitrogen and oxygen atoms in total. The van der Waals surface area contributed by atoms with E-state index < -0.39 is 0 Å². The SMILES string of the molecule is [C-]#[N+]c1cccc(-c2cccc(C#N)c2-c2ccc(-n3c4ccccc4c4cc(C#N)ccc43)cc2)c1-n1c2ccccc2c2ccccc21.[C-]#[N+]c1cccc(-c2ccccc2-c2ccc(-n3c4ccccc4c4cc(C#N)ccc43)c(C#N)c2)c1-n1c2ccccc2c2ccccc21.[C-]#[N+]c1cccc(-c2ccccc2-c2ccc(-n3c4ccccc4c4cc(C#N)ccc43)cc2C#N)c1-n1c2ccccc2c2ccccc21. The van der Waals surface area contributed by atoms with Crippen molar-refractivity contribution < 1.29 is 0 Å². The highest BCUT2D eigenvalue weighted by molar-refractivity contribution is 6.17. The topological polar surface area (TPSA) is 185 Å². The lowest BCUT2D eigenvalue weighted by atomic mass is 9.89. The van der Waals surface area contributed by atoms with Crippen LogP contribution in [0.2, 0.25) is 0 Å². The summed E-state index contributed by atoms with van der Waals surface area (Å²) in [6, 6.07) is 166. The van der Waals surface area contributed by atoms with E-state index >= 15 is 0 Å². The van der Waals surface area contributed by atoms with Crippen molar-refractivity contribution in [3.63, 3.8) is 0 Å². The van der Waals surface area contributed by atoms with E-state index in [-0.39, 0.29) is 0 Å². The Kier molecular flexibility index (Phi) is 22.0. The third-order valence-corrected chi connectivity index (χ3v) is 28.9. The maximum absolute atomic E-state index is 10.6. The zero-order valence-electron chi connectivity index (χ0n) is 80.0. The monoisotopic (exact) mass is 1910 g/mol. The van der Waals surface area contributed by atoms with Crippen LogP contribution in [-0.2, 0) is 0 Å². The molecule has 0 atom stereocenters. The van der Waals surface area contributed by atoms with Crippen LogP contribution in [0.5, 0.6) is 0 Å². The number of hydrogen-bond donors (Lipinski definition) is 0. The molecular formula is C135H75N15. The molecule has 6 heterocycles. The molecule has 0 N–H and O–H groups in total. The minimum Gasteiger partial charge on any atom is -0.318 e. The third-order valence-electron chi connectivity index (χ3n) is 28.9. The predicted octanol–water partition coefficient (Wildman–Crippen LogP) is 34.5. The Labute approximate surface area is 860 Å². The van der Waals surface area contributed by atoms with E-state index in [9.17, 15) is 31.6 Å². The molecule has 0 fully saturated rings. The molecule has 150 heavy (non-hydrogen) atoms. The molecular weight excluding hydrogens is 1830 g/mol. The number of benzene rings is 21. The molecule has 21 aromatic carbocycles. The van der Waals surface area contributed by atoms with Gasteiger partial charge in [-0.25, -0.2) is 14.5 Å². The van der Waals surface area contributed by atoms with Gasteiger partial charge >= 0.3 is 0 Å². The molecule has 0 radical (unpaired) electrons. The molecule has 0 bridgehead atoms. The molecule has 15 heteroatoms. The van der Waals surface area contributed by atoms with Gasteiger partial charge in [0.1, 0.15) is 6.07 Å². The molecule has 0 amide bonds. The third kappa shape index (κ3) is 14.5. The highest BCUT2D eigenvalue weighted by Gasteiger charge is 2.29. The lowest BCUT2D eigenvalue weighted by molar-refractivity contribution is 1.17. The van der Waals surface area contributed by atoms with Crippen molar-refractivity contribution in [3.8, 4) is 137 Å². The van der Waals surface area contributed by atoms with Gasteiger partial charge < -0.3 is 27.4 Å². The van der Waals surface area contributed by atoms with Gasteiger partial charge in [0, 0.05) is 87.1 Å². The van der Waals surface area contributed by atoms with Gasteiger partial charge in [-0.2, -0.15) is 31.6 Å². The fourth-order valence-electron chi connectivity index (χ4n) is 22.5. The van der Waals surface area contributed by atoms with E-state index in [1.165, 1.54) is 0 Å². The normalized spacial score (nSPS) is 11.1. The van der Waals surface area contributed by atoms with Gasteiger partial charge in [-0.15, -0.1) is 0 Å².